The largest absolute Gasteiger partial charge is 0.416 e. The second-order valence-corrected chi connectivity index (χ2v) is 4.70. The van der Waals surface area contributed by atoms with E-state index in [4.69, 9.17) is 0 Å². The van der Waals surface area contributed by atoms with Gasteiger partial charge in [-0.2, -0.15) is 13.2 Å². The van der Waals surface area contributed by atoms with Gasteiger partial charge in [-0.05, 0) is 60.4 Å². The SMILES string of the molecule is CN(C)Cc1cc(C(F)(F)F)ccc1I. The molecule has 0 bridgehead atoms. The average molecular weight is 329 g/mol. The molecule has 0 atom stereocenters. The van der Waals surface area contributed by atoms with Gasteiger partial charge in [0.1, 0.15) is 0 Å². The topological polar surface area (TPSA) is 3.24 Å². The minimum absolute atomic E-state index is 0.516. The lowest BCUT2D eigenvalue weighted by molar-refractivity contribution is -0.137. The Bertz CT molecular complexity index is 347. The van der Waals surface area contributed by atoms with Crippen molar-refractivity contribution in [2.45, 2.75) is 12.7 Å². The maximum absolute atomic E-state index is 12.4. The Labute approximate surface area is 100 Å². The molecule has 15 heavy (non-hydrogen) atoms. The standard InChI is InChI=1S/C10H11F3IN/c1-15(2)6-7-5-8(10(11,12)13)3-4-9(7)14/h3-5H,6H2,1-2H3. The van der Waals surface area contributed by atoms with Gasteiger partial charge in [-0.15, -0.1) is 0 Å². The van der Waals surface area contributed by atoms with Crippen LogP contribution in [0, 0.1) is 3.57 Å². The molecule has 0 heterocycles. The first kappa shape index (κ1) is 12.8. The summed E-state index contributed by atoms with van der Waals surface area (Å²) in [7, 11) is 3.66. The first-order chi connectivity index (χ1) is 6.80. The summed E-state index contributed by atoms with van der Waals surface area (Å²) in [5.74, 6) is 0. The van der Waals surface area contributed by atoms with Crippen molar-refractivity contribution in [2.24, 2.45) is 0 Å². The van der Waals surface area contributed by atoms with E-state index in [0.717, 1.165) is 9.64 Å². The molecule has 1 rings (SSSR count). The smallest absolute Gasteiger partial charge is 0.305 e. The molecule has 0 N–H and O–H groups in total. The highest BCUT2D eigenvalue weighted by Gasteiger charge is 2.30. The molecule has 0 spiro atoms. The lowest BCUT2D eigenvalue weighted by Gasteiger charge is -2.14. The van der Waals surface area contributed by atoms with Crippen LogP contribution in [0.1, 0.15) is 11.1 Å². The van der Waals surface area contributed by atoms with E-state index in [-0.39, 0.29) is 0 Å². The average Bonchev–Trinajstić information content (AvgIpc) is 2.06. The van der Waals surface area contributed by atoms with Gasteiger partial charge in [0, 0.05) is 10.1 Å². The molecule has 5 heteroatoms. The molecule has 0 amide bonds. The van der Waals surface area contributed by atoms with Crippen molar-refractivity contribution in [2.75, 3.05) is 14.1 Å². The van der Waals surface area contributed by atoms with Crippen LogP contribution in [0.4, 0.5) is 13.2 Å². The number of alkyl halides is 3. The maximum Gasteiger partial charge on any atom is 0.416 e. The quantitative estimate of drug-likeness (QED) is 0.752. The van der Waals surface area contributed by atoms with E-state index in [1.807, 2.05) is 41.6 Å². The number of benzene rings is 1. The summed E-state index contributed by atoms with van der Waals surface area (Å²) in [6.45, 7) is 0.516. The molecule has 1 aromatic carbocycles. The Kier molecular flexibility index (Phi) is 3.99. The highest BCUT2D eigenvalue weighted by molar-refractivity contribution is 14.1. The van der Waals surface area contributed by atoms with Gasteiger partial charge in [-0.1, -0.05) is 0 Å². The second-order valence-electron chi connectivity index (χ2n) is 3.54. The van der Waals surface area contributed by atoms with Gasteiger partial charge in [0.2, 0.25) is 0 Å². The zero-order chi connectivity index (χ0) is 11.6. The van der Waals surface area contributed by atoms with Crippen LogP contribution in [0.3, 0.4) is 0 Å². The molecule has 0 aliphatic carbocycles. The number of hydrogen-bond donors (Lipinski definition) is 0. The fraction of sp³-hybridized carbons (Fsp3) is 0.400. The van der Waals surface area contributed by atoms with Crippen LogP contribution in [0.25, 0.3) is 0 Å². The van der Waals surface area contributed by atoms with Crippen LogP contribution in [-0.4, -0.2) is 19.0 Å². The molecule has 0 saturated carbocycles. The molecular formula is C10H11F3IN. The van der Waals surface area contributed by atoms with E-state index in [1.54, 1.807) is 0 Å². The van der Waals surface area contributed by atoms with Gasteiger partial charge < -0.3 is 4.90 Å². The van der Waals surface area contributed by atoms with Gasteiger partial charge in [0.05, 0.1) is 5.56 Å². The van der Waals surface area contributed by atoms with E-state index in [1.165, 1.54) is 12.1 Å². The summed E-state index contributed by atoms with van der Waals surface area (Å²) < 4.78 is 38.1. The highest BCUT2D eigenvalue weighted by Crippen LogP contribution is 2.31. The normalized spacial score (nSPS) is 12.2. The van der Waals surface area contributed by atoms with Crippen LogP contribution in [0.5, 0.6) is 0 Å². The number of hydrogen-bond acceptors (Lipinski definition) is 1. The van der Waals surface area contributed by atoms with Gasteiger partial charge in [-0.3, -0.25) is 0 Å². The van der Waals surface area contributed by atoms with Crippen LogP contribution >= 0.6 is 22.6 Å². The van der Waals surface area contributed by atoms with Crippen molar-refractivity contribution in [3.05, 3.63) is 32.9 Å². The van der Waals surface area contributed by atoms with E-state index in [2.05, 4.69) is 0 Å². The van der Waals surface area contributed by atoms with E-state index >= 15 is 0 Å². The van der Waals surface area contributed by atoms with Crippen LogP contribution in [0.15, 0.2) is 18.2 Å². The van der Waals surface area contributed by atoms with Gasteiger partial charge in [0.25, 0.3) is 0 Å². The molecule has 0 aromatic heterocycles. The Balaban J connectivity index is 3.06. The Hall–Kier alpha value is -0.300. The predicted octanol–water partition coefficient (Wildman–Crippen LogP) is 3.37. The van der Waals surface area contributed by atoms with E-state index < -0.39 is 11.7 Å². The van der Waals surface area contributed by atoms with Gasteiger partial charge >= 0.3 is 6.18 Å². The number of rotatable bonds is 2. The molecule has 0 saturated heterocycles. The number of halogens is 4. The molecule has 1 aromatic rings. The van der Waals surface area contributed by atoms with Crippen molar-refractivity contribution in [3.8, 4) is 0 Å². The van der Waals surface area contributed by atoms with Crippen LogP contribution in [0.2, 0.25) is 0 Å². The first-order valence-electron chi connectivity index (χ1n) is 4.31. The van der Waals surface area contributed by atoms with Crippen LogP contribution in [-0.2, 0) is 12.7 Å². The summed E-state index contributed by atoms with van der Waals surface area (Å²) in [6.07, 6.45) is -4.26. The fourth-order valence-electron chi connectivity index (χ4n) is 1.21. The zero-order valence-electron chi connectivity index (χ0n) is 8.40. The second kappa shape index (κ2) is 4.69. The third-order valence-electron chi connectivity index (χ3n) is 1.86. The zero-order valence-corrected chi connectivity index (χ0v) is 10.6. The monoisotopic (exact) mass is 329 g/mol. The summed E-state index contributed by atoms with van der Waals surface area (Å²) in [4.78, 5) is 1.84. The third-order valence-corrected chi connectivity index (χ3v) is 2.91. The van der Waals surface area contributed by atoms with Gasteiger partial charge in [0.15, 0.2) is 0 Å². The molecule has 0 radical (unpaired) electrons. The molecule has 84 valence electrons. The fourth-order valence-corrected chi connectivity index (χ4v) is 1.72. The minimum Gasteiger partial charge on any atom is -0.305 e. The number of nitrogens with zero attached hydrogens (tertiary/aromatic N) is 1. The van der Waals surface area contributed by atoms with Crippen molar-refractivity contribution < 1.29 is 13.2 Å². The summed E-state index contributed by atoms with van der Waals surface area (Å²) >= 11 is 2.04. The minimum atomic E-state index is -4.26. The highest BCUT2D eigenvalue weighted by atomic mass is 127. The molecule has 0 aliphatic heterocycles. The lowest BCUT2D eigenvalue weighted by Crippen LogP contribution is -2.13. The summed E-state index contributed by atoms with van der Waals surface area (Å²) in [5.41, 5.74) is 0.121. The predicted molar refractivity (Wildman–Crippen MR) is 61.6 cm³/mol. The Morgan fingerprint density at radius 2 is 1.87 bits per heavy atom. The van der Waals surface area contributed by atoms with Crippen LogP contribution < -0.4 is 0 Å². The summed E-state index contributed by atoms with van der Waals surface area (Å²) in [6, 6.07) is 3.82. The van der Waals surface area contributed by atoms with E-state index in [0.29, 0.717) is 12.1 Å². The Morgan fingerprint density at radius 3 is 2.33 bits per heavy atom. The Morgan fingerprint density at radius 1 is 1.27 bits per heavy atom. The van der Waals surface area contributed by atoms with Crippen molar-refractivity contribution in [1.82, 2.24) is 4.90 Å². The van der Waals surface area contributed by atoms with Crippen molar-refractivity contribution in [1.29, 1.82) is 0 Å². The molecule has 0 aliphatic rings. The third kappa shape index (κ3) is 3.64. The molecule has 0 fully saturated rings. The van der Waals surface area contributed by atoms with E-state index in [9.17, 15) is 13.2 Å². The lowest BCUT2D eigenvalue weighted by atomic mass is 10.1. The molecule has 1 nitrogen and oxygen atoms in total. The molecule has 0 unspecified atom stereocenters. The maximum atomic E-state index is 12.4. The molecular weight excluding hydrogens is 318 g/mol. The summed E-state index contributed by atoms with van der Waals surface area (Å²) in [5, 5.41) is 0. The van der Waals surface area contributed by atoms with Crippen molar-refractivity contribution >= 4 is 22.6 Å². The van der Waals surface area contributed by atoms with Gasteiger partial charge in [-0.25, -0.2) is 0 Å². The van der Waals surface area contributed by atoms with Crippen molar-refractivity contribution in [3.63, 3.8) is 0 Å². The first-order valence-corrected chi connectivity index (χ1v) is 5.39.